The lowest BCUT2D eigenvalue weighted by Gasteiger charge is -2.24. The minimum atomic E-state index is -3.51. The smallest absolute Gasteiger partial charge is 0.340 e. The fourth-order valence-corrected chi connectivity index (χ4v) is 4.64. The molecule has 31 heavy (non-hydrogen) atoms. The maximum Gasteiger partial charge on any atom is 0.340 e. The predicted octanol–water partition coefficient (Wildman–Crippen LogP) is 3.93. The predicted molar refractivity (Wildman–Crippen MR) is 121 cm³/mol. The van der Waals surface area contributed by atoms with Gasteiger partial charge in [0.15, 0.2) is 0 Å². The van der Waals surface area contributed by atoms with Gasteiger partial charge in [-0.1, -0.05) is 30.3 Å². The van der Waals surface area contributed by atoms with Crippen molar-refractivity contribution in [2.75, 3.05) is 24.2 Å². The molecule has 0 spiro atoms. The van der Waals surface area contributed by atoms with E-state index in [0.29, 0.717) is 28.6 Å². The van der Waals surface area contributed by atoms with Crippen molar-refractivity contribution in [3.05, 3.63) is 65.4 Å². The summed E-state index contributed by atoms with van der Waals surface area (Å²) >= 11 is 0. The molecule has 1 heterocycles. The lowest BCUT2D eigenvalue weighted by Crippen LogP contribution is -2.32. The van der Waals surface area contributed by atoms with Gasteiger partial charge in [0.2, 0.25) is 15.9 Å². The first kappa shape index (κ1) is 22.6. The van der Waals surface area contributed by atoms with E-state index in [4.69, 9.17) is 4.74 Å². The molecule has 3 aromatic rings. The molecule has 0 saturated heterocycles. The summed E-state index contributed by atoms with van der Waals surface area (Å²) in [5.41, 5.74) is 3.44. The van der Waals surface area contributed by atoms with Gasteiger partial charge in [0.1, 0.15) is 0 Å². The van der Waals surface area contributed by atoms with E-state index in [1.165, 1.54) is 28.4 Å². The van der Waals surface area contributed by atoms with Crippen molar-refractivity contribution < 1.29 is 22.7 Å². The Morgan fingerprint density at radius 2 is 1.77 bits per heavy atom. The van der Waals surface area contributed by atoms with Crippen LogP contribution in [0.3, 0.4) is 0 Å². The van der Waals surface area contributed by atoms with E-state index in [0.717, 1.165) is 11.1 Å². The number of hydrogen-bond donors (Lipinski definition) is 0. The average Bonchev–Trinajstić information content (AvgIpc) is 3.12. The highest BCUT2D eigenvalue weighted by atomic mass is 32.2. The van der Waals surface area contributed by atoms with Crippen molar-refractivity contribution in [3.63, 3.8) is 0 Å². The highest BCUT2D eigenvalue weighted by molar-refractivity contribution is 7.92. The minimum Gasteiger partial charge on any atom is -0.465 e. The summed E-state index contributed by atoms with van der Waals surface area (Å²) in [5.74, 6) is -0.735. The summed E-state index contributed by atoms with van der Waals surface area (Å²) in [5, 5.41) is 0.635. The molecule has 0 radical (unpaired) electrons. The van der Waals surface area contributed by atoms with E-state index in [1.807, 2.05) is 26.0 Å². The summed E-state index contributed by atoms with van der Waals surface area (Å²) in [4.78, 5) is 25.0. The van der Waals surface area contributed by atoms with E-state index in [2.05, 4.69) is 0 Å². The molecule has 0 atom stereocenters. The van der Waals surface area contributed by atoms with Gasteiger partial charge < -0.3 is 4.74 Å². The van der Waals surface area contributed by atoms with E-state index in [9.17, 15) is 18.0 Å². The zero-order valence-electron chi connectivity index (χ0n) is 18.1. The van der Waals surface area contributed by atoms with Gasteiger partial charge in [-0.2, -0.15) is 0 Å². The molecule has 0 aliphatic carbocycles. The van der Waals surface area contributed by atoms with Crippen LogP contribution in [0.2, 0.25) is 0 Å². The number of ether oxygens (including phenoxy) is 1. The Hall–Kier alpha value is -3.13. The zero-order valence-corrected chi connectivity index (χ0v) is 18.9. The molecule has 8 heteroatoms. The summed E-state index contributed by atoms with van der Waals surface area (Å²) in [6, 6.07) is 12.6. The topological polar surface area (TPSA) is 85.7 Å². The Morgan fingerprint density at radius 1 is 1.06 bits per heavy atom. The molecule has 0 N–H and O–H groups in total. The van der Waals surface area contributed by atoms with Crippen LogP contribution in [0, 0.1) is 13.8 Å². The second-order valence-electron chi connectivity index (χ2n) is 7.47. The van der Waals surface area contributed by atoms with Crippen molar-refractivity contribution >= 4 is 38.5 Å². The maximum atomic E-state index is 12.9. The normalized spacial score (nSPS) is 11.5. The molecule has 1 aromatic heterocycles. The molecule has 0 unspecified atom stereocenters. The number of methoxy groups -OCH3 is 1. The van der Waals surface area contributed by atoms with Gasteiger partial charge in [0, 0.05) is 24.5 Å². The van der Waals surface area contributed by atoms with Crippen molar-refractivity contribution in [1.82, 2.24) is 4.57 Å². The summed E-state index contributed by atoms with van der Waals surface area (Å²) in [7, 11) is -2.22. The third kappa shape index (κ3) is 4.64. The van der Waals surface area contributed by atoms with E-state index in [-0.39, 0.29) is 18.9 Å². The number of rotatable bonds is 7. The molecule has 0 saturated carbocycles. The van der Waals surface area contributed by atoms with Crippen LogP contribution < -0.4 is 4.31 Å². The molecule has 2 aromatic carbocycles. The van der Waals surface area contributed by atoms with Gasteiger partial charge in [-0.15, -0.1) is 0 Å². The van der Waals surface area contributed by atoms with Crippen LogP contribution >= 0.6 is 0 Å². The fraction of sp³-hybridized carbons (Fsp3) is 0.304. The van der Waals surface area contributed by atoms with Crippen molar-refractivity contribution in [3.8, 4) is 0 Å². The Labute approximate surface area is 182 Å². The largest absolute Gasteiger partial charge is 0.465 e. The van der Waals surface area contributed by atoms with Crippen LogP contribution in [0.1, 0.15) is 39.1 Å². The van der Waals surface area contributed by atoms with Gasteiger partial charge in [-0.05, 0) is 43.5 Å². The van der Waals surface area contributed by atoms with Crippen molar-refractivity contribution in [2.24, 2.45) is 0 Å². The number of aromatic nitrogens is 1. The number of nitrogens with zero attached hydrogens (tertiary/aromatic N) is 2. The maximum absolute atomic E-state index is 12.9. The van der Waals surface area contributed by atoms with Crippen LogP contribution in [0.25, 0.3) is 10.9 Å². The molecule has 0 bridgehead atoms. The second-order valence-corrected chi connectivity index (χ2v) is 9.38. The average molecular weight is 443 g/mol. The summed E-state index contributed by atoms with van der Waals surface area (Å²) in [6.07, 6.45) is 3.10. The van der Waals surface area contributed by atoms with Crippen LogP contribution in [-0.2, 0) is 14.8 Å². The molecule has 0 amide bonds. The Balaban J connectivity index is 1.82. The minimum absolute atomic E-state index is 0.121. The quantitative estimate of drug-likeness (QED) is 0.518. The molecule has 0 aliphatic rings. The molecule has 164 valence electrons. The van der Waals surface area contributed by atoms with Crippen LogP contribution in [0.4, 0.5) is 5.69 Å². The number of carbonyl (C=O) groups excluding carboxylic acids is 2. The second kappa shape index (κ2) is 8.93. The number of anilines is 1. The Morgan fingerprint density at radius 3 is 2.45 bits per heavy atom. The number of para-hydroxylation sites is 1. The SMILES string of the molecule is COC(=O)c1cn(C(=O)CCCN(c2cccc(C)c2C)S(C)(=O)=O)c2ccccc12. The fourth-order valence-electron chi connectivity index (χ4n) is 3.62. The van der Waals surface area contributed by atoms with Gasteiger partial charge in [-0.3, -0.25) is 13.7 Å². The molecule has 3 rings (SSSR count). The van der Waals surface area contributed by atoms with Crippen LogP contribution in [0.5, 0.6) is 0 Å². The third-order valence-corrected chi connectivity index (χ3v) is 6.56. The third-order valence-electron chi connectivity index (χ3n) is 5.38. The van der Waals surface area contributed by atoms with Gasteiger partial charge in [-0.25, -0.2) is 13.2 Å². The lowest BCUT2D eigenvalue weighted by atomic mass is 10.1. The highest BCUT2D eigenvalue weighted by Crippen LogP contribution is 2.26. The lowest BCUT2D eigenvalue weighted by molar-refractivity contribution is 0.0603. The Bertz CT molecular complexity index is 1240. The van der Waals surface area contributed by atoms with Crippen LogP contribution in [0.15, 0.2) is 48.7 Å². The monoisotopic (exact) mass is 442 g/mol. The zero-order chi connectivity index (χ0) is 22.8. The number of aryl methyl sites for hydroxylation is 1. The van der Waals surface area contributed by atoms with E-state index >= 15 is 0 Å². The molecule has 0 fully saturated rings. The first-order valence-corrected chi connectivity index (χ1v) is 11.8. The summed E-state index contributed by atoms with van der Waals surface area (Å²) < 4.78 is 32.4. The number of sulfonamides is 1. The van der Waals surface area contributed by atoms with Crippen molar-refractivity contribution in [1.29, 1.82) is 0 Å². The van der Waals surface area contributed by atoms with E-state index < -0.39 is 16.0 Å². The first-order valence-electron chi connectivity index (χ1n) is 9.90. The molecular weight excluding hydrogens is 416 g/mol. The van der Waals surface area contributed by atoms with Crippen LogP contribution in [-0.4, -0.2) is 44.8 Å². The molecule has 0 aliphatic heterocycles. The highest BCUT2D eigenvalue weighted by Gasteiger charge is 2.22. The number of esters is 1. The number of hydrogen-bond acceptors (Lipinski definition) is 5. The molecule has 7 nitrogen and oxygen atoms in total. The molecular formula is C23H26N2O5S. The van der Waals surface area contributed by atoms with Gasteiger partial charge in [0.25, 0.3) is 0 Å². The van der Waals surface area contributed by atoms with Gasteiger partial charge >= 0.3 is 5.97 Å². The standard InChI is InChI=1S/C23H26N2O5S/c1-16-9-7-12-20(17(16)2)25(31(4,28)29)14-8-13-22(26)24-15-19(23(27)30-3)18-10-5-6-11-21(18)24/h5-7,9-12,15H,8,13-14H2,1-4H3. The van der Waals surface area contributed by atoms with Gasteiger partial charge in [0.05, 0.1) is 30.1 Å². The number of benzene rings is 2. The number of carbonyl (C=O) groups is 2. The summed E-state index contributed by atoms with van der Waals surface area (Å²) in [6.45, 7) is 3.99. The van der Waals surface area contributed by atoms with Crippen molar-refractivity contribution in [2.45, 2.75) is 26.7 Å². The first-order chi connectivity index (χ1) is 14.6. The number of fused-ring (bicyclic) bond motifs is 1. The van der Waals surface area contributed by atoms with E-state index in [1.54, 1.807) is 30.3 Å². The Kier molecular flexibility index (Phi) is 6.50.